The molecule has 4 atom stereocenters. The lowest BCUT2D eigenvalue weighted by Crippen LogP contribution is -2.61. The van der Waals surface area contributed by atoms with E-state index in [0.29, 0.717) is 23.5 Å². The summed E-state index contributed by atoms with van der Waals surface area (Å²) >= 11 is 0. The molecule has 3 N–H and O–H groups in total. The summed E-state index contributed by atoms with van der Waals surface area (Å²) in [6, 6.07) is 3.13. The van der Waals surface area contributed by atoms with Gasteiger partial charge in [0.1, 0.15) is 16.8 Å². The Bertz CT molecular complexity index is 1110. The van der Waals surface area contributed by atoms with Gasteiger partial charge in [0.15, 0.2) is 11.5 Å². The summed E-state index contributed by atoms with van der Waals surface area (Å²) in [6.45, 7) is 9.35. The summed E-state index contributed by atoms with van der Waals surface area (Å²) in [4.78, 5) is 15.5. The summed E-state index contributed by atoms with van der Waals surface area (Å²) in [7, 11) is 0. The Labute approximate surface area is 182 Å². The lowest BCUT2D eigenvalue weighted by molar-refractivity contribution is -0.163. The number of phenols is 2. The van der Waals surface area contributed by atoms with Gasteiger partial charge >= 0.3 is 5.97 Å². The Kier molecular flexibility index (Phi) is 4.13. The highest BCUT2D eigenvalue weighted by Crippen LogP contribution is 2.65. The Morgan fingerprint density at radius 3 is 2.52 bits per heavy atom. The molecule has 0 saturated heterocycles. The van der Waals surface area contributed by atoms with Crippen LogP contribution in [0.1, 0.15) is 75.9 Å². The topological polar surface area (TPSA) is 99.9 Å². The number of aromatic carboxylic acids is 1. The van der Waals surface area contributed by atoms with Crippen molar-refractivity contribution in [3.63, 3.8) is 0 Å². The molecule has 2 saturated carbocycles. The molecule has 166 valence electrons. The fourth-order valence-electron chi connectivity index (χ4n) is 7.41. The number of benzene rings is 1. The van der Waals surface area contributed by atoms with Crippen molar-refractivity contribution in [2.24, 2.45) is 22.7 Å². The first-order chi connectivity index (χ1) is 14.5. The van der Waals surface area contributed by atoms with Crippen molar-refractivity contribution in [3.05, 3.63) is 23.4 Å². The van der Waals surface area contributed by atoms with Gasteiger partial charge in [-0.3, -0.25) is 0 Å². The molecule has 2 aromatic rings. The zero-order valence-electron chi connectivity index (χ0n) is 18.7. The number of aromatic nitrogens is 1. The maximum atomic E-state index is 11.4. The van der Waals surface area contributed by atoms with Crippen molar-refractivity contribution in [2.75, 3.05) is 0 Å². The Balaban J connectivity index is 1.69. The molecule has 1 aliphatic heterocycles. The van der Waals surface area contributed by atoms with Gasteiger partial charge in [0.2, 0.25) is 5.75 Å². The summed E-state index contributed by atoms with van der Waals surface area (Å²) < 4.78 is 6.55. The van der Waals surface area contributed by atoms with Crippen LogP contribution in [0.2, 0.25) is 0 Å². The molecule has 1 aromatic carbocycles. The fraction of sp³-hybridized carbons (Fsp3) is 0.600. The van der Waals surface area contributed by atoms with Crippen molar-refractivity contribution >= 4 is 16.9 Å². The molecule has 31 heavy (non-hydrogen) atoms. The highest BCUT2D eigenvalue weighted by Gasteiger charge is 2.61. The third-order valence-electron chi connectivity index (χ3n) is 8.86. The van der Waals surface area contributed by atoms with Crippen LogP contribution in [0.3, 0.4) is 0 Å². The van der Waals surface area contributed by atoms with Crippen LogP contribution in [0.5, 0.6) is 17.2 Å². The molecule has 1 aromatic heterocycles. The molecule has 2 fully saturated rings. The first-order valence-corrected chi connectivity index (χ1v) is 11.3. The molecule has 0 radical (unpaired) electrons. The van der Waals surface area contributed by atoms with Gasteiger partial charge < -0.3 is 20.1 Å². The molecular formula is C25H31NO5. The third-order valence-corrected chi connectivity index (χ3v) is 8.86. The minimum Gasteiger partial charge on any atom is -0.503 e. The number of rotatable bonds is 1. The summed E-state index contributed by atoms with van der Waals surface area (Å²) in [5.74, 6) is -0.742. The fourth-order valence-corrected chi connectivity index (χ4v) is 7.41. The smallest absolute Gasteiger partial charge is 0.354 e. The predicted octanol–water partition coefficient (Wildman–Crippen LogP) is 5.28. The molecule has 3 aliphatic rings. The van der Waals surface area contributed by atoms with Crippen LogP contribution >= 0.6 is 0 Å². The van der Waals surface area contributed by atoms with E-state index in [9.17, 15) is 20.1 Å². The van der Waals surface area contributed by atoms with Crippen molar-refractivity contribution in [3.8, 4) is 17.2 Å². The van der Waals surface area contributed by atoms with Gasteiger partial charge in [-0.1, -0.05) is 27.2 Å². The number of fused-ring (bicyclic) bond motifs is 6. The van der Waals surface area contributed by atoms with Crippen molar-refractivity contribution in [1.29, 1.82) is 0 Å². The predicted molar refractivity (Wildman–Crippen MR) is 117 cm³/mol. The number of hydrogen-bond acceptors (Lipinski definition) is 5. The standard InChI is InChI=1S/C25H31NO5/c1-23(2)9-5-10-24(3)16(23)8-11-25(4)17(24)12-14-13-6-7-15(22(29)30)26-18(13)19(27)20(28)21(14)31-25/h6-7,16-17,27-28H,5,8-12H2,1-4H3,(H,29,30)/t16-,17+,24-,25+/m1/s1. The lowest BCUT2D eigenvalue weighted by atomic mass is 9.44. The number of aromatic hydroxyl groups is 2. The van der Waals surface area contributed by atoms with E-state index in [-0.39, 0.29) is 33.7 Å². The number of nitrogens with zero attached hydrogens (tertiary/aromatic N) is 1. The third kappa shape index (κ3) is 2.69. The van der Waals surface area contributed by atoms with Gasteiger partial charge in [0.05, 0.1) is 0 Å². The zero-order chi connectivity index (χ0) is 22.3. The summed E-state index contributed by atoms with van der Waals surface area (Å²) in [5.41, 5.74) is 0.749. The molecule has 6 heteroatoms. The minimum atomic E-state index is -1.17. The van der Waals surface area contributed by atoms with E-state index in [0.717, 1.165) is 24.8 Å². The van der Waals surface area contributed by atoms with Crippen LogP contribution in [0.25, 0.3) is 10.9 Å². The van der Waals surface area contributed by atoms with E-state index in [2.05, 4.69) is 32.7 Å². The Morgan fingerprint density at radius 1 is 1.06 bits per heavy atom. The van der Waals surface area contributed by atoms with Crippen molar-refractivity contribution in [1.82, 2.24) is 4.98 Å². The molecule has 0 unspecified atom stereocenters. The van der Waals surface area contributed by atoms with Gasteiger partial charge in [0.25, 0.3) is 0 Å². The molecule has 2 aliphatic carbocycles. The van der Waals surface area contributed by atoms with Crippen LogP contribution in [0, 0.1) is 22.7 Å². The van der Waals surface area contributed by atoms with Gasteiger partial charge in [-0.2, -0.15) is 0 Å². The van der Waals surface area contributed by atoms with Crippen molar-refractivity contribution < 1.29 is 24.9 Å². The average Bonchev–Trinajstić information content (AvgIpc) is 2.70. The first kappa shape index (κ1) is 20.4. The molecule has 2 heterocycles. The number of phenolic OH excluding ortho intramolecular Hbond substituents is 2. The second-order valence-electron chi connectivity index (χ2n) is 11.0. The van der Waals surface area contributed by atoms with Crippen LogP contribution in [-0.4, -0.2) is 31.9 Å². The number of pyridine rings is 1. The maximum Gasteiger partial charge on any atom is 0.354 e. The van der Waals surface area contributed by atoms with E-state index < -0.39 is 17.3 Å². The number of carbonyl (C=O) groups is 1. The summed E-state index contributed by atoms with van der Waals surface area (Å²) in [5, 5.41) is 31.4. The number of carboxylic acid groups (broad SMARTS) is 1. The largest absolute Gasteiger partial charge is 0.503 e. The van der Waals surface area contributed by atoms with E-state index in [1.54, 1.807) is 6.07 Å². The van der Waals surface area contributed by atoms with Gasteiger partial charge in [-0.15, -0.1) is 0 Å². The van der Waals surface area contributed by atoms with E-state index in [1.165, 1.54) is 18.9 Å². The lowest BCUT2D eigenvalue weighted by Gasteiger charge is -2.63. The molecule has 5 rings (SSSR count). The highest BCUT2D eigenvalue weighted by atomic mass is 16.5. The molecule has 0 bridgehead atoms. The van der Waals surface area contributed by atoms with Crippen molar-refractivity contribution in [2.45, 2.75) is 71.8 Å². The van der Waals surface area contributed by atoms with E-state index in [4.69, 9.17) is 4.74 Å². The normalized spacial score (nSPS) is 33.7. The first-order valence-electron chi connectivity index (χ1n) is 11.3. The van der Waals surface area contributed by atoms with Crippen LogP contribution < -0.4 is 4.74 Å². The van der Waals surface area contributed by atoms with Crippen LogP contribution in [-0.2, 0) is 6.42 Å². The number of hydrogen-bond donors (Lipinski definition) is 3. The quantitative estimate of drug-likeness (QED) is 0.538. The Morgan fingerprint density at radius 2 is 1.81 bits per heavy atom. The van der Waals surface area contributed by atoms with Crippen LogP contribution in [0.4, 0.5) is 0 Å². The number of ether oxygens (including phenoxy) is 1. The molecule has 0 spiro atoms. The van der Waals surface area contributed by atoms with Gasteiger partial charge in [-0.25, -0.2) is 9.78 Å². The molecule has 0 amide bonds. The van der Waals surface area contributed by atoms with Gasteiger partial charge in [0, 0.05) is 16.9 Å². The molecular weight excluding hydrogens is 394 g/mol. The van der Waals surface area contributed by atoms with Crippen LogP contribution in [0.15, 0.2) is 12.1 Å². The zero-order valence-corrected chi connectivity index (χ0v) is 18.7. The monoisotopic (exact) mass is 425 g/mol. The average molecular weight is 426 g/mol. The van der Waals surface area contributed by atoms with E-state index in [1.807, 2.05) is 0 Å². The maximum absolute atomic E-state index is 11.4. The molecule has 6 nitrogen and oxygen atoms in total. The second-order valence-corrected chi connectivity index (χ2v) is 11.0. The summed E-state index contributed by atoms with van der Waals surface area (Å²) in [6.07, 6.45) is 6.32. The highest BCUT2D eigenvalue weighted by molar-refractivity contribution is 5.96. The van der Waals surface area contributed by atoms with E-state index >= 15 is 0 Å². The van der Waals surface area contributed by atoms with Gasteiger partial charge in [-0.05, 0) is 67.9 Å². The minimum absolute atomic E-state index is 0.112. The Hall–Kier alpha value is -2.50. The number of carboxylic acids is 1. The SMILES string of the molecule is CC1(C)CCC[C@]2(C)[C@@H]1CC[C@]1(C)Oc3c(O)c(O)c4nc(C(=O)O)ccc4c3C[C@@H]21. The second kappa shape index (κ2) is 6.27.